The number of amides is 1. The Kier molecular flexibility index (Phi) is 5.52. The molecule has 1 atom stereocenters. The number of anilines is 2. The van der Waals surface area contributed by atoms with Gasteiger partial charge in [0, 0.05) is 11.4 Å². The highest BCUT2D eigenvalue weighted by molar-refractivity contribution is 7.92. The van der Waals surface area contributed by atoms with Crippen LogP contribution in [0.2, 0.25) is 0 Å². The first-order valence-electron chi connectivity index (χ1n) is 7.63. The number of rotatable bonds is 5. The van der Waals surface area contributed by atoms with Crippen molar-refractivity contribution in [1.82, 2.24) is 0 Å². The highest BCUT2D eigenvalue weighted by Gasteiger charge is 2.55. The zero-order valence-corrected chi connectivity index (χ0v) is 15.1. The van der Waals surface area contributed by atoms with Crippen molar-refractivity contribution in [2.24, 2.45) is 0 Å². The van der Waals surface area contributed by atoms with E-state index in [9.17, 15) is 31.5 Å². The molecular formula is C17H17F3N2O4S. The van der Waals surface area contributed by atoms with Crippen LogP contribution >= 0.6 is 0 Å². The van der Waals surface area contributed by atoms with Crippen LogP contribution < -0.4 is 10.0 Å². The van der Waals surface area contributed by atoms with Gasteiger partial charge in [0.1, 0.15) is 0 Å². The van der Waals surface area contributed by atoms with Crippen LogP contribution in [0.15, 0.2) is 53.4 Å². The second kappa shape index (κ2) is 7.20. The fraction of sp³-hybridized carbons (Fsp3) is 0.235. The number of alkyl halides is 3. The smallest absolute Gasteiger partial charge is 0.373 e. The van der Waals surface area contributed by atoms with Crippen molar-refractivity contribution in [3.8, 4) is 0 Å². The Morgan fingerprint density at radius 2 is 1.67 bits per heavy atom. The third-order valence-electron chi connectivity index (χ3n) is 3.77. The lowest BCUT2D eigenvalue weighted by Gasteiger charge is -2.25. The van der Waals surface area contributed by atoms with Crippen LogP contribution in [0.3, 0.4) is 0 Å². The maximum atomic E-state index is 12.7. The van der Waals surface area contributed by atoms with Crippen molar-refractivity contribution in [3.05, 3.63) is 54.1 Å². The highest BCUT2D eigenvalue weighted by Crippen LogP contribution is 2.31. The van der Waals surface area contributed by atoms with E-state index in [2.05, 4.69) is 4.72 Å². The Labute approximate surface area is 154 Å². The zero-order chi connectivity index (χ0) is 20.5. The fourth-order valence-electron chi connectivity index (χ4n) is 2.05. The highest BCUT2D eigenvalue weighted by atomic mass is 32.2. The second-order valence-electron chi connectivity index (χ2n) is 5.97. The van der Waals surface area contributed by atoms with E-state index in [0.29, 0.717) is 12.5 Å². The van der Waals surface area contributed by atoms with Crippen molar-refractivity contribution in [2.75, 3.05) is 10.0 Å². The zero-order valence-electron chi connectivity index (χ0n) is 14.3. The number of halogens is 3. The minimum absolute atomic E-state index is 0.00665. The molecule has 0 aromatic heterocycles. The van der Waals surface area contributed by atoms with Gasteiger partial charge in [-0.15, -0.1) is 0 Å². The van der Waals surface area contributed by atoms with Crippen molar-refractivity contribution in [1.29, 1.82) is 0 Å². The van der Waals surface area contributed by atoms with Gasteiger partial charge < -0.3 is 10.4 Å². The minimum Gasteiger partial charge on any atom is -0.373 e. The van der Waals surface area contributed by atoms with E-state index in [1.54, 1.807) is 18.2 Å². The van der Waals surface area contributed by atoms with Gasteiger partial charge >= 0.3 is 6.18 Å². The molecule has 2 aromatic rings. The van der Waals surface area contributed by atoms with Crippen LogP contribution in [0.4, 0.5) is 24.5 Å². The van der Waals surface area contributed by atoms with Crippen molar-refractivity contribution in [3.63, 3.8) is 0 Å². The number of carbonyl (C=O) groups is 1. The third kappa shape index (κ3) is 4.58. The lowest BCUT2D eigenvalue weighted by Crippen LogP contribution is -2.52. The number of hydrogen-bond acceptors (Lipinski definition) is 4. The Hall–Kier alpha value is -2.59. The molecular weight excluding hydrogens is 385 g/mol. The van der Waals surface area contributed by atoms with E-state index in [-0.39, 0.29) is 16.3 Å². The Morgan fingerprint density at radius 1 is 1.07 bits per heavy atom. The van der Waals surface area contributed by atoms with Gasteiger partial charge in [0.2, 0.25) is 5.60 Å². The normalized spacial score (nSPS) is 14.3. The Balaban J connectivity index is 2.20. The van der Waals surface area contributed by atoms with Crippen LogP contribution in [0.25, 0.3) is 0 Å². The van der Waals surface area contributed by atoms with E-state index in [0.717, 1.165) is 0 Å². The molecule has 0 saturated heterocycles. The molecule has 0 fully saturated rings. The van der Waals surface area contributed by atoms with Crippen LogP contribution in [0, 0.1) is 6.92 Å². The third-order valence-corrected chi connectivity index (χ3v) is 5.17. The lowest BCUT2D eigenvalue weighted by molar-refractivity contribution is -0.242. The summed E-state index contributed by atoms with van der Waals surface area (Å²) in [7, 11) is -3.83. The lowest BCUT2D eigenvalue weighted by atomic mass is 10.1. The Morgan fingerprint density at radius 3 is 2.19 bits per heavy atom. The summed E-state index contributed by atoms with van der Waals surface area (Å²) < 4.78 is 65.0. The van der Waals surface area contributed by atoms with Gasteiger partial charge in [0.25, 0.3) is 15.9 Å². The first-order valence-corrected chi connectivity index (χ1v) is 9.12. The summed E-state index contributed by atoms with van der Waals surface area (Å²) in [5, 5.41) is 11.4. The number of hydrogen-bond donors (Lipinski definition) is 3. The quantitative estimate of drug-likeness (QED) is 0.716. The molecule has 0 bridgehead atoms. The molecule has 2 rings (SSSR count). The molecule has 0 spiro atoms. The summed E-state index contributed by atoms with van der Waals surface area (Å²) in [5.41, 5.74) is -3.09. The van der Waals surface area contributed by atoms with E-state index in [1.165, 1.54) is 37.3 Å². The molecule has 0 heterocycles. The van der Waals surface area contributed by atoms with E-state index in [1.807, 2.05) is 5.32 Å². The summed E-state index contributed by atoms with van der Waals surface area (Å²) in [6.07, 6.45) is -5.14. The van der Waals surface area contributed by atoms with Crippen LogP contribution in [-0.4, -0.2) is 31.2 Å². The molecule has 27 heavy (non-hydrogen) atoms. The van der Waals surface area contributed by atoms with E-state index in [4.69, 9.17) is 0 Å². The van der Waals surface area contributed by atoms with Gasteiger partial charge in [-0.2, -0.15) is 13.2 Å². The fourth-order valence-corrected chi connectivity index (χ4v) is 3.12. The maximum Gasteiger partial charge on any atom is 0.426 e. The summed E-state index contributed by atoms with van der Waals surface area (Å²) in [6, 6.07) is 11.5. The van der Waals surface area contributed by atoms with Gasteiger partial charge in [0.05, 0.1) is 4.90 Å². The summed E-state index contributed by atoms with van der Waals surface area (Å²) in [4.78, 5) is 11.8. The number of benzene rings is 2. The first kappa shape index (κ1) is 20.7. The van der Waals surface area contributed by atoms with E-state index >= 15 is 0 Å². The molecule has 0 saturated carbocycles. The van der Waals surface area contributed by atoms with E-state index < -0.39 is 27.7 Å². The van der Waals surface area contributed by atoms with Crippen LogP contribution in [0.1, 0.15) is 12.5 Å². The Bertz CT molecular complexity index is 942. The monoisotopic (exact) mass is 402 g/mol. The average Bonchev–Trinajstić information content (AvgIpc) is 2.56. The number of sulfonamides is 1. The topological polar surface area (TPSA) is 95.5 Å². The predicted molar refractivity (Wildman–Crippen MR) is 93.7 cm³/mol. The predicted octanol–water partition coefficient (Wildman–Crippen LogP) is 3.05. The minimum atomic E-state index is -5.14. The van der Waals surface area contributed by atoms with Gasteiger partial charge in [-0.25, -0.2) is 8.42 Å². The van der Waals surface area contributed by atoms with Gasteiger partial charge in [0.15, 0.2) is 0 Å². The molecule has 6 nitrogen and oxygen atoms in total. The number of carbonyl (C=O) groups excluding carboxylic acids is 1. The summed E-state index contributed by atoms with van der Waals surface area (Å²) >= 11 is 0. The molecule has 3 N–H and O–H groups in total. The van der Waals surface area contributed by atoms with Crippen LogP contribution in [0.5, 0.6) is 0 Å². The van der Waals surface area contributed by atoms with Crippen LogP contribution in [-0.2, 0) is 14.8 Å². The first-order chi connectivity index (χ1) is 12.3. The molecule has 1 amide bonds. The molecule has 0 aliphatic heterocycles. The van der Waals surface area contributed by atoms with Crippen molar-refractivity contribution in [2.45, 2.75) is 30.5 Å². The standard InChI is InChI=1S/C17H17F3N2O4S/c1-11-10-12(22-27(25,26)13-6-4-3-5-7-13)8-9-14(11)21-15(23)16(2,24)17(18,19)20/h3-10,22,24H,1-2H3,(H,21,23)/t16-/m1/s1. The second-order valence-corrected chi connectivity index (χ2v) is 7.65. The molecule has 10 heteroatoms. The number of aryl methyl sites for hydroxylation is 1. The number of nitrogens with one attached hydrogen (secondary N) is 2. The van der Waals surface area contributed by atoms with Crippen molar-refractivity contribution >= 4 is 27.3 Å². The largest absolute Gasteiger partial charge is 0.426 e. The SMILES string of the molecule is Cc1cc(NS(=O)(=O)c2ccccc2)ccc1NC(=O)[C@@](C)(O)C(F)(F)F. The van der Waals surface area contributed by atoms with Gasteiger partial charge in [-0.05, 0) is 49.7 Å². The summed E-state index contributed by atoms with van der Waals surface area (Å²) in [5.74, 6) is -1.64. The van der Waals surface area contributed by atoms with Gasteiger partial charge in [-0.3, -0.25) is 9.52 Å². The average molecular weight is 402 g/mol. The molecule has 0 radical (unpaired) electrons. The molecule has 0 aliphatic carbocycles. The van der Waals surface area contributed by atoms with Gasteiger partial charge in [-0.1, -0.05) is 18.2 Å². The molecule has 0 aliphatic rings. The molecule has 2 aromatic carbocycles. The summed E-state index contributed by atoms with van der Waals surface area (Å²) in [6.45, 7) is 1.82. The number of aliphatic hydroxyl groups is 1. The molecule has 146 valence electrons. The molecule has 0 unspecified atom stereocenters. The maximum absolute atomic E-state index is 12.7. The van der Waals surface area contributed by atoms with Crippen molar-refractivity contribution < 1.29 is 31.5 Å².